The third-order valence-corrected chi connectivity index (χ3v) is 11.7. The molecule has 0 atom stereocenters. The van der Waals surface area contributed by atoms with Crippen LogP contribution in [0.2, 0.25) is 16.6 Å². The minimum Gasteiger partial charge on any atom is -0.360 e. The van der Waals surface area contributed by atoms with Gasteiger partial charge in [0.2, 0.25) is 0 Å². The lowest BCUT2D eigenvalue weighted by molar-refractivity contribution is 0.838. The second-order valence-corrected chi connectivity index (χ2v) is 13.5. The van der Waals surface area contributed by atoms with Crippen molar-refractivity contribution in [3.8, 4) is 11.5 Å². The highest BCUT2D eigenvalue weighted by atomic mass is 79.9. The lowest BCUT2D eigenvalue weighted by Gasteiger charge is -2.38. The Hall–Kier alpha value is -0.983. The molecule has 0 aliphatic heterocycles. The van der Waals surface area contributed by atoms with Crippen LogP contribution in [0.5, 0.6) is 0 Å². The molecule has 1 aromatic carbocycles. The Balaban J connectivity index is 2.53. The van der Waals surface area contributed by atoms with Crippen LogP contribution in [-0.4, -0.2) is 13.1 Å². The Morgan fingerprint density at radius 3 is 2.14 bits per heavy atom. The first-order valence-electron chi connectivity index (χ1n) is 8.08. The maximum absolute atomic E-state index is 3.80. The maximum Gasteiger partial charge on any atom is 0.146 e. The largest absolute Gasteiger partial charge is 0.360 e. The number of aromatic nitrogens is 1. The van der Waals surface area contributed by atoms with E-state index in [1.165, 1.54) is 5.39 Å². The lowest BCUT2D eigenvalue weighted by atomic mass is 10.2. The second-order valence-electron chi connectivity index (χ2n) is 7.04. The molecule has 0 saturated heterocycles. The SMILES string of the molecule is CC(C)[Si](C#Cc1c[nH]c2cc(Br)ccc12)(C(C)C)C(C)C. The van der Waals surface area contributed by atoms with E-state index in [1.54, 1.807) is 0 Å². The molecular weight excluding hydrogens is 350 g/mol. The van der Waals surface area contributed by atoms with Gasteiger partial charge in [-0.05, 0) is 28.8 Å². The molecule has 0 radical (unpaired) electrons. The zero-order valence-corrected chi connectivity index (χ0v) is 17.0. The summed E-state index contributed by atoms with van der Waals surface area (Å²) in [6.45, 7) is 14.1. The summed E-state index contributed by atoms with van der Waals surface area (Å²) in [6, 6.07) is 6.33. The minimum atomic E-state index is -1.67. The Labute approximate surface area is 144 Å². The van der Waals surface area contributed by atoms with E-state index in [4.69, 9.17) is 0 Å². The molecule has 1 nitrogen and oxygen atoms in total. The first-order chi connectivity index (χ1) is 10.3. The monoisotopic (exact) mass is 375 g/mol. The number of H-pyrrole nitrogens is 1. The fraction of sp³-hybridized carbons (Fsp3) is 0.474. The van der Waals surface area contributed by atoms with Gasteiger partial charge < -0.3 is 4.98 Å². The first kappa shape index (κ1) is 17.4. The predicted molar refractivity (Wildman–Crippen MR) is 104 cm³/mol. The van der Waals surface area contributed by atoms with Crippen molar-refractivity contribution in [1.82, 2.24) is 4.98 Å². The predicted octanol–water partition coefficient (Wildman–Crippen LogP) is 6.50. The maximum atomic E-state index is 3.80. The molecule has 0 bridgehead atoms. The van der Waals surface area contributed by atoms with Crippen LogP contribution in [-0.2, 0) is 0 Å². The van der Waals surface area contributed by atoms with Crippen molar-refractivity contribution in [3.05, 3.63) is 34.4 Å². The Morgan fingerprint density at radius 1 is 1.00 bits per heavy atom. The molecule has 0 aliphatic rings. The van der Waals surface area contributed by atoms with Gasteiger partial charge in [-0.25, -0.2) is 0 Å². The van der Waals surface area contributed by atoms with E-state index < -0.39 is 8.07 Å². The molecule has 3 heteroatoms. The van der Waals surface area contributed by atoms with Crippen molar-refractivity contribution >= 4 is 34.9 Å². The van der Waals surface area contributed by atoms with Crippen LogP contribution in [0.1, 0.15) is 47.1 Å². The van der Waals surface area contributed by atoms with Gasteiger partial charge in [0.15, 0.2) is 0 Å². The second kappa shape index (κ2) is 6.64. The van der Waals surface area contributed by atoms with Gasteiger partial charge in [0.25, 0.3) is 0 Å². The van der Waals surface area contributed by atoms with Crippen LogP contribution < -0.4 is 0 Å². The summed E-state index contributed by atoms with van der Waals surface area (Å²) in [5, 5.41) is 1.22. The molecule has 22 heavy (non-hydrogen) atoms. The number of halogens is 1. The molecule has 0 saturated carbocycles. The van der Waals surface area contributed by atoms with E-state index >= 15 is 0 Å². The third kappa shape index (κ3) is 3.05. The number of nitrogens with one attached hydrogen (secondary N) is 1. The molecule has 2 rings (SSSR count). The summed E-state index contributed by atoms with van der Waals surface area (Å²) < 4.78 is 1.09. The Kier molecular flexibility index (Phi) is 5.24. The highest BCUT2D eigenvalue weighted by Crippen LogP contribution is 2.40. The Morgan fingerprint density at radius 2 is 1.59 bits per heavy atom. The summed E-state index contributed by atoms with van der Waals surface area (Å²) in [5.74, 6) is 3.54. The smallest absolute Gasteiger partial charge is 0.146 e. The van der Waals surface area contributed by atoms with Gasteiger partial charge in [-0.3, -0.25) is 0 Å². The van der Waals surface area contributed by atoms with E-state index in [9.17, 15) is 0 Å². The zero-order chi connectivity index (χ0) is 16.5. The average molecular weight is 376 g/mol. The van der Waals surface area contributed by atoms with Crippen molar-refractivity contribution in [3.63, 3.8) is 0 Å². The van der Waals surface area contributed by atoms with Crippen molar-refractivity contribution in [1.29, 1.82) is 0 Å². The molecule has 1 heterocycles. The van der Waals surface area contributed by atoms with E-state index in [2.05, 4.69) is 92.1 Å². The molecule has 118 valence electrons. The average Bonchev–Trinajstić information content (AvgIpc) is 2.80. The van der Waals surface area contributed by atoms with Crippen LogP contribution in [0.4, 0.5) is 0 Å². The molecule has 0 fully saturated rings. The van der Waals surface area contributed by atoms with Crippen LogP contribution >= 0.6 is 15.9 Å². The van der Waals surface area contributed by atoms with Crippen molar-refractivity contribution < 1.29 is 0 Å². The van der Waals surface area contributed by atoms with E-state index in [1.807, 2.05) is 6.20 Å². The van der Waals surface area contributed by atoms with Crippen molar-refractivity contribution in [2.75, 3.05) is 0 Å². The van der Waals surface area contributed by atoms with E-state index in [0.29, 0.717) is 16.6 Å². The standard InChI is InChI=1S/C19H26BrNSi/c1-13(2)22(14(3)4,15(5)6)10-9-16-12-21-19-11-17(20)7-8-18(16)19/h7-8,11-15,21H,1-6H3. The van der Waals surface area contributed by atoms with Crippen molar-refractivity contribution in [2.45, 2.75) is 58.2 Å². The summed E-state index contributed by atoms with van der Waals surface area (Å²) >= 11 is 3.52. The summed E-state index contributed by atoms with van der Waals surface area (Å²) in [7, 11) is -1.67. The minimum absolute atomic E-state index is 0.666. The van der Waals surface area contributed by atoms with Crippen LogP contribution in [0.15, 0.2) is 28.9 Å². The molecule has 0 aliphatic carbocycles. The topological polar surface area (TPSA) is 15.8 Å². The zero-order valence-electron chi connectivity index (χ0n) is 14.4. The number of rotatable bonds is 3. The number of hydrogen-bond donors (Lipinski definition) is 1. The van der Waals surface area contributed by atoms with Crippen molar-refractivity contribution in [2.24, 2.45) is 0 Å². The molecule has 1 N–H and O–H groups in total. The molecular formula is C19H26BrNSi. The van der Waals surface area contributed by atoms with E-state index in [-0.39, 0.29) is 0 Å². The van der Waals surface area contributed by atoms with Gasteiger partial charge in [-0.2, -0.15) is 0 Å². The fourth-order valence-corrected chi connectivity index (χ4v) is 9.39. The third-order valence-electron chi connectivity index (χ3n) is 4.92. The first-order valence-corrected chi connectivity index (χ1v) is 11.1. The highest BCUT2D eigenvalue weighted by molar-refractivity contribution is 9.10. The van der Waals surface area contributed by atoms with Gasteiger partial charge in [-0.1, -0.05) is 69.5 Å². The summed E-state index contributed by atoms with van der Waals surface area (Å²) in [5.41, 5.74) is 8.07. The molecule has 0 amide bonds. The Bertz CT molecular complexity index is 694. The summed E-state index contributed by atoms with van der Waals surface area (Å²) in [4.78, 5) is 3.34. The highest BCUT2D eigenvalue weighted by Gasteiger charge is 2.41. The van der Waals surface area contributed by atoms with Gasteiger partial charge in [0.1, 0.15) is 8.07 Å². The van der Waals surface area contributed by atoms with Crippen LogP contribution in [0.3, 0.4) is 0 Å². The number of aromatic amines is 1. The van der Waals surface area contributed by atoms with E-state index in [0.717, 1.165) is 15.6 Å². The van der Waals surface area contributed by atoms with Gasteiger partial charge in [-0.15, -0.1) is 5.54 Å². The van der Waals surface area contributed by atoms with Crippen LogP contribution in [0, 0.1) is 11.5 Å². The fourth-order valence-electron chi connectivity index (χ4n) is 3.81. The number of fused-ring (bicyclic) bond motifs is 1. The lowest BCUT2D eigenvalue weighted by Crippen LogP contribution is -2.43. The summed E-state index contributed by atoms with van der Waals surface area (Å²) in [6.07, 6.45) is 2.05. The molecule has 1 aromatic heterocycles. The number of hydrogen-bond acceptors (Lipinski definition) is 0. The number of benzene rings is 1. The normalized spacial score (nSPS) is 12.3. The molecule has 0 spiro atoms. The van der Waals surface area contributed by atoms with Gasteiger partial charge in [0.05, 0.1) is 0 Å². The molecule has 0 unspecified atom stereocenters. The van der Waals surface area contributed by atoms with Crippen LogP contribution in [0.25, 0.3) is 10.9 Å². The van der Waals surface area contributed by atoms with Gasteiger partial charge in [0, 0.05) is 27.1 Å². The quantitative estimate of drug-likeness (QED) is 0.465. The van der Waals surface area contributed by atoms with Gasteiger partial charge >= 0.3 is 0 Å². The molecule has 2 aromatic rings.